The summed E-state index contributed by atoms with van der Waals surface area (Å²) in [5, 5.41) is 2.95. The summed E-state index contributed by atoms with van der Waals surface area (Å²) in [6.45, 7) is 2.24. The first-order valence-electron chi connectivity index (χ1n) is 9.35. The fourth-order valence-electron chi connectivity index (χ4n) is 4.23. The summed E-state index contributed by atoms with van der Waals surface area (Å²) in [6.07, 6.45) is 0. The predicted octanol–water partition coefficient (Wildman–Crippen LogP) is 2.16. The average molecular weight is 394 g/mol. The topological polar surface area (TPSA) is 84.9 Å². The molecular weight excluding hydrogens is 372 g/mol. The van der Waals surface area contributed by atoms with Crippen LogP contribution in [0.15, 0.2) is 42.5 Å². The van der Waals surface area contributed by atoms with Gasteiger partial charge >= 0.3 is 0 Å². The van der Waals surface area contributed by atoms with E-state index in [1.54, 1.807) is 54.3 Å². The fourth-order valence-corrected chi connectivity index (χ4v) is 4.23. The molecule has 1 fully saturated rings. The monoisotopic (exact) mass is 394 g/mol. The first-order valence-corrected chi connectivity index (χ1v) is 9.35. The van der Waals surface area contributed by atoms with E-state index in [-0.39, 0.29) is 30.7 Å². The van der Waals surface area contributed by atoms with E-state index in [4.69, 9.17) is 9.47 Å². The van der Waals surface area contributed by atoms with Gasteiger partial charge in [0.15, 0.2) is 17.3 Å². The zero-order valence-corrected chi connectivity index (χ0v) is 16.5. The lowest BCUT2D eigenvalue weighted by molar-refractivity contribution is 0.0737. The van der Waals surface area contributed by atoms with Crippen LogP contribution < -0.4 is 14.8 Å². The summed E-state index contributed by atoms with van der Waals surface area (Å²) in [5.41, 5.74) is 0.208. The molecule has 2 amide bonds. The Hall–Kier alpha value is -3.35. The highest BCUT2D eigenvalue weighted by atomic mass is 16.5. The molecule has 0 spiro atoms. The molecule has 0 bridgehead atoms. The molecule has 29 heavy (non-hydrogen) atoms. The Labute approximate surface area is 168 Å². The lowest BCUT2D eigenvalue weighted by atomic mass is 9.78. The number of para-hydroxylation sites is 1. The van der Waals surface area contributed by atoms with Gasteiger partial charge in [-0.2, -0.15) is 0 Å². The number of Topliss-reactive ketones (excluding diaryl/α,β-unsaturated/α-hetero) is 1. The molecule has 2 aromatic rings. The largest absolute Gasteiger partial charge is 0.493 e. The highest BCUT2D eigenvalue weighted by Crippen LogP contribution is 2.39. The van der Waals surface area contributed by atoms with Crippen LogP contribution >= 0.6 is 0 Å². The Bertz CT molecular complexity index is 1020. The van der Waals surface area contributed by atoms with Crippen LogP contribution in [0.5, 0.6) is 11.5 Å². The van der Waals surface area contributed by atoms with Gasteiger partial charge < -0.3 is 19.7 Å². The van der Waals surface area contributed by atoms with Crippen molar-refractivity contribution >= 4 is 17.6 Å². The van der Waals surface area contributed by atoms with Crippen molar-refractivity contribution in [3.05, 3.63) is 59.2 Å². The van der Waals surface area contributed by atoms with Crippen molar-refractivity contribution in [2.45, 2.75) is 13.0 Å². The molecule has 1 N–H and O–H groups in total. The first-order chi connectivity index (χ1) is 13.9. The Morgan fingerprint density at radius 3 is 2.48 bits per heavy atom. The van der Waals surface area contributed by atoms with Gasteiger partial charge in [0.25, 0.3) is 11.8 Å². The van der Waals surface area contributed by atoms with Crippen LogP contribution in [0.4, 0.5) is 0 Å². The molecule has 4 rings (SSSR count). The van der Waals surface area contributed by atoms with Crippen LogP contribution in [-0.2, 0) is 0 Å². The van der Waals surface area contributed by atoms with Crippen LogP contribution in [0, 0.1) is 5.41 Å². The summed E-state index contributed by atoms with van der Waals surface area (Å²) in [5.74, 6) is 0.0971. The second kappa shape index (κ2) is 6.92. The molecule has 2 atom stereocenters. The maximum absolute atomic E-state index is 13.3. The fraction of sp³-hybridized carbons (Fsp3) is 0.318. The number of methoxy groups -OCH3 is 2. The highest BCUT2D eigenvalue weighted by molar-refractivity contribution is 6.13. The summed E-state index contributed by atoms with van der Waals surface area (Å²) in [6, 6.07) is 11.4. The minimum atomic E-state index is -0.913. The van der Waals surface area contributed by atoms with E-state index in [1.807, 2.05) is 0 Å². The van der Waals surface area contributed by atoms with Crippen molar-refractivity contribution in [3.63, 3.8) is 0 Å². The quantitative estimate of drug-likeness (QED) is 0.862. The molecule has 2 heterocycles. The van der Waals surface area contributed by atoms with Crippen molar-refractivity contribution < 1.29 is 23.9 Å². The average Bonchev–Trinajstić information content (AvgIpc) is 3.05. The molecule has 2 aromatic carbocycles. The number of fused-ring (bicyclic) bond motifs is 2. The number of nitrogens with zero attached hydrogens (tertiary/aromatic N) is 1. The van der Waals surface area contributed by atoms with Crippen LogP contribution in [0.25, 0.3) is 0 Å². The Morgan fingerprint density at radius 2 is 1.79 bits per heavy atom. The van der Waals surface area contributed by atoms with E-state index in [2.05, 4.69) is 5.32 Å². The molecule has 0 saturated carbocycles. The van der Waals surface area contributed by atoms with E-state index in [0.29, 0.717) is 28.2 Å². The third kappa shape index (κ3) is 2.85. The van der Waals surface area contributed by atoms with E-state index in [9.17, 15) is 14.4 Å². The Balaban J connectivity index is 1.70. The molecule has 7 heteroatoms. The minimum Gasteiger partial charge on any atom is -0.493 e. The van der Waals surface area contributed by atoms with Gasteiger partial charge in [0, 0.05) is 18.7 Å². The molecule has 1 saturated heterocycles. The van der Waals surface area contributed by atoms with Crippen LogP contribution in [0.1, 0.15) is 38.0 Å². The lowest BCUT2D eigenvalue weighted by Crippen LogP contribution is -2.47. The zero-order chi connectivity index (χ0) is 20.8. The summed E-state index contributed by atoms with van der Waals surface area (Å²) >= 11 is 0. The zero-order valence-electron chi connectivity index (χ0n) is 16.5. The summed E-state index contributed by atoms with van der Waals surface area (Å²) < 4.78 is 10.7. The molecule has 0 unspecified atom stereocenters. The molecule has 2 aliphatic heterocycles. The van der Waals surface area contributed by atoms with Gasteiger partial charge in [0.2, 0.25) is 0 Å². The maximum Gasteiger partial charge on any atom is 0.257 e. The van der Waals surface area contributed by atoms with Gasteiger partial charge in [-0.05, 0) is 25.1 Å². The first kappa shape index (κ1) is 19.0. The van der Waals surface area contributed by atoms with Gasteiger partial charge in [-0.1, -0.05) is 24.3 Å². The number of ether oxygens (including phenoxy) is 2. The number of hydrogen-bond acceptors (Lipinski definition) is 5. The van der Waals surface area contributed by atoms with Crippen molar-refractivity contribution in [1.82, 2.24) is 10.2 Å². The highest BCUT2D eigenvalue weighted by Gasteiger charge is 2.53. The van der Waals surface area contributed by atoms with Gasteiger partial charge in [0.1, 0.15) is 0 Å². The summed E-state index contributed by atoms with van der Waals surface area (Å²) in [4.78, 5) is 40.9. The molecule has 0 aromatic heterocycles. The second-order valence-corrected chi connectivity index (χ2v) is 7.54. The lowest BCUT2D eigenvalue weighted by Gasteiger charge is -2.26. The number of likely N-dealkylation sites (tertiary alicyclic amines) is 1. The number of hydrogen-bond donors (Lipinski definition) is 1. The normalized spacial score (nSPS) is 23.0. The van der Waals surface area contributed by atoms with Crippen LogP contribution in [0.2, 0.25) is 0 Å². The SMILES string of the molecule is COc1cccc(C(=O)N2C[C@H]3NC(=O)c4ccccc4C(=O)[C@@]3(C)C2)c1OC. The summed E-state index contributed by atoms with van der Waals surface area (Å²) in [7, 11) is 2.98. The molecule has 7 nitrogen and oxygen atoms in total. The molecule has 0 radical (unpaired) electrons. The molecule has 2 aliphatic rings. The molecular formula is C22H22N2O5. The van der Waals surface area contributed by atoms with Gasteiger partial charge in [-0.15, -0.1) is 0 Å². The van der Waals surface area contributed by atoms with E-state index >= 15 is 0 Å². The van der Waals surface area contributed by atoms with E-state index < -0.39 is 11.5 Å². The van der Waals surface area contributed by atoms with Gasteiger partial charge in [-0.3, -0.25) is 14.4 Å². The second-order valence-electron chi connectivity index (χ2n) is 7.54. The number of carbonyl (C=O) groups excluding carboxylic acids is 3. The number of rotatable bonds is 3. The molecule has 0 aliphatic carbocycles. The molecule has 150 valence electrons. The Kier molecular flexibility index (Phi) is 4.53. The number of carbonyl (C=O) groups is 3. The number of amides is 2. The smallest absolute Gasteiger partial charge is 0.257 e. The minimum absolute atomic E-state index is 0.135. The standard InChI is InChI=1S/C22H22N2O5/c1-22-12-24(21(27)15-9-6-10-16(28-2)18(15)29-3)11-17(22)23-20(26)14-8-5-4-7-13(14)19(22)25/h4-10,17H,11-12H2,1-3H3,(H,23,26)/t17-,22+/m1/s1. The number of ketones is 1. The third-order valence-electron chi connectivity index (χ3n) is 5.85. The van der Waals surface area contributed by atoms with Crippen molar-refractivity contribution in [2.24, 2.45) is 5.41 Å². The van der Waals surface area contributed by atoms with Crippen molar-refractivity contribution in [2.75, 3.05) is 27.3 Å². The number of nitrogens with one attached hydrogen (secondary N) is 1. The van der Waals surface area contributed by atoms with Crippen molar-refractivity contribution in [3.8, 4) is 11.5 Å². The van der Waals surface area contributed by atoms with Crippen LogP contribution in [0.3, 0.4) is 0 Å². The van der Waals surface area contributed by atoms with E-state index in [0.717, 1.165) is 0 Å². The van der Waals surface area contributed by atoms with E-state index in [1.165, 1.54) is 14.2 Å². The van der Waals surface area contributed by atoms with Gasteiger partial charge in [-0.25, -0.2) is 0 Å². The predicted molar refractivity (Wildman–Crippen MR) is 106 cm³/mol. The number of benzene rings is 2. The van der Waals surface area contributed by atoms with Crippen molar-refractivity contribution in [1.29, 1.82) is 0 Å². The van der Waals surface area contributed by atoms with Crippen LogP contribution in [-0.4, -0.2) is 55.8 Å². The Morgan fingerprint density at radius 1 is 1.07 bits per heavy atom. The third-order valence-corrected chi connectivity index (χ3v) is 5.85. The maximum atomic E-state index is 13.3. The van der Waals surface area contributed by atoms with Gasteiger partial charge in [0.05, 0.1) is 36.8 Å².